The summed E-state index contributed by atoms with van der Waals surface area (Å²) in [6, 6.07) is 3.95. The van der Waals surface area contributed by atoms with Crippen molar-refractivity contribution in [3.05, 3.63) is 46.2 Å². The van der Waals surface area contributed by atoms with Gasteiger partial charge in [-0.1, -0.05) is 13.8 Å². The van der Waals surface area contributed by atoms with Crippen molar-refractivity contribution >= 4 is 17.2 Å². The standard InChI is InChI=1S/C21H30N4O2S/c1-17(2)21-23-19(16-28-21)14-20(26)25(15-18-4-6-22-7-5-18)9-3-8-24-10-12-27-13-11-24/h4-7,16-17H,3,8-15H2,1-2H3. The van der Waals surface area contributed by atoms with E-state index in [0.29, 0.717) is 18.9 Å². The number of carbonyl (C=O) groups is 1. The highest BCUT2D eigenvalue weighted by atomic mass is 32.1. The lowest BCUT2D eigenvalue weighted by Gasteiger charge is -2.28. The van der Waals surface area contributed by atoms with Crippen LogP contribution in [0.2, 0.25) is 0 Å². The van der Waals surface area contributed by atoms with E-state index in [1.807, 2.05) is 22.4 Å². The number of carbonyl (C=O) groups excluding carboxylic acids is 1. The predicted molar refractivity (Wildman–Crippen MR) is 111 cm³/mol. The number of ether oxygens (including phenoxy) is 1. The van der Waals surface area contributed by atoms with Gasteiger partial charge in [-0.3, -0.25) is 14.7 Å². The summed E-state index contributed by atoms with van der Waals surface area (Å²) in [5.41, 5.74) is 1.99. The number of amides is 1. The first-order valence-electron chi connectivity index (χ1n) is 10.0. The summed E-state index contributed by atoms with van der Waals surface area (Å²) in [5, 5.41) is 3.11. The normalized spacial score (nSPS) is 15.1. The molecule has 0 bridgehead atoms. The summed E-state index contributed by atoms with van der Waals surface area (Å²) in [6.45, 7) is 10.2. The topological polar surface area (TPSA) is 58.6 Å². The number of thiazole rings is 1. The molecule has 1 amide bonds. The first-order chi connectivity index (χ1) is 13.6. The molecule has 3 heterocycles. The maximum absolute atomic E-state index is 13.0. The van der Waals surface area contributed by atoms with Crippen LogP contribution >= 0.6 is 11.3 Å². The summed E-state index contributed by atoms with van der Waals surface area (Å²) < 4.78 is 5.41. The number of hydrogen-bond acceptors (Lipinski definition) is 6. The minimum absolute atomic E-state index is 0.138. The van der Waals surface area contributed by atoms with Crippen LogP contribution in [0.5, 0.6) is 0 Å². The Labute approximate surface area is 171 Å². The zero-order valence-electron chi connectivity index (χ0n) is 16.8. The van der Waals surface area contributed by atoms with Gasteiger partial charge in [-0.15, -0.1) is 11.3 Å². The SMILES string of the molecule is CC(C)c1nc(CC(=O)N(CCCN2CCOCC2)Cc2ccncc2)cs1. The lowest BCUT2D eigenvalue weighted by atomic mass is 10.2. The molecule has 1 aliphatic heterocycles. The number of rotatable bonds is 9. The van der Waals surface area contributed by atoms with Crippen LogP contribution in [0.15, 0.2) is 29.9 Å². The largest absolute Gasteiger partial charge is 0.379 e. The van der Waals surface area contributed by atoms with Crippen LogP contribution in [0, 0.1) is 0 Å². The summed E-state index contributed by atoms with van der Waals surface area (Å²) in [7, 11) is 0. The van der Waals surface area contributed by atoms with Gasteiger partial charge in [0.2, 0.25) is 5.91 Å². The Morgan fingerprint density at radius 3 is 2.71 bits per heavy atom. The van der Waals surface area contributed by atoms with Crippen molar-refractivity contribution in [3.63, 3.8) is 0 Å². The third-order valence-electron chi connectivity index (χ3n) is 4.88. The van der Waals surface area contributed by atoms with E-state index in [1.165, 1.54) is 0 Å². The van der Waals surface area contributed by atoms with Gasteiger partial charge in [0.15, 0.2) is 0 Å². The molecule has 0 spiro atoms. The Bertz CT molecular complexity index is 729. The van der Waals surface area contributed by atoms with Gasteiger partial charge in [0.1, 0.15) is 0 Å². The highest BCUT2D eigenvalue weighted by Crippen LogP contribution is 2.20. The Balaban J connectivity index is 1.59. The summed E-state index contributed by atoms with van der Waals surface area (Å²) in [4.78, 5) is 26.1. The fourth-order valence-corrected chi connectivity index (χ4v) is 4.08. The second-order valence-corrected chi connectivity index (χ2v) is 8.38. The minimum Gasteiger partial charge on any atom is -0.379 e. The first-order valence-corrected chi connectivity index (χ1v) is 10.9. The zero-order valence-corrected chi connectivity index (χ0v) is 17.7. The minimum atomic E-state index is 0.138. The van der Waals surface area contributed by atoms with Crippen molar-refractivity contribution in [2.45, 2.75) is 39.2 Å². The molecule has 2 aromatic heterocycles. The third-order valence-corrected chi connectivity index (χ3v) is 6.07. The molecule has 6 nitrogen and oxygen atoms in total. The number of morpholine rings is 1. The van der Waals surface area contributed by atoms with Crippen LogP contribution < -0.4 is 0 Å². The Hall–Kier alpha value is -1.83. The molecule has 152 valence electrons. The number of pyridine rings is 1. The molecule has 1 saturated heterocycles. The molecule has 1 fully saturated rings. The van der Waals surface area contributed by atoms with E-state index in [2.05, 4.69) is 28.7 Å². The quantitative estimate of drug-likeness (QED) is 0.645. The van der Waals surface area contributed by atoms with Crippen LogP contribution in [-0.4, -0.2) is 65.1 Å². The molecule has 28 heavy (non-hydrogen) atoms. The van der Waals surface area contributed by atoms with Gasteiger partial charge in [0.25, 0.3) is 0 Å². The second-order valence-electron chi connectivity index (χ2n) is 7.49. The smallest absolute Gasteiger partial charge is 0.228 e. The molecule has 0 saturated carbocycles. The molecule has 1 aliphatic rings. The molecule has 0 radical (unpaired) electrons. The van der Waals surface area contributed by atoms with E-state index in [1.54, 1.807) is 23.7 Å². The van der Waals surface area contributed by atoms with Gasteiger partial charge in [-0.05, 0) is 24.1 Å². The Morgan fingerprint density at radius 1 is 1.29 bits per heavy atom. The summed E-state index contributed by atoms with van der Waals surface area (Å²) in [5.74, 6) is 0.537. The van der Waals surface area contributed by atoms with Crippen LogP contribution in [0.3, 0.4) is 0 Å². The molecular weight excluding hydrogens is 372 g/mol. The number of nitrogens with zero attached hydrogens (tertiary/aromatic N) is 4. The molecule has 0 aliphatic carbocycles. The van der Waals surface area contributed by atoms with Gasteiger partial charge >= 0.3 is 0 Å². The highest BCUT2D eigenvalue weighted by molar-refractivity contribution is 7.09. The van der Waals surface area contributed by atoms with Crippen molar-refractivity contribution in [1.29, 1.82) is 0 Å². The van der Waals surface area contributed by atoms with Crippen LogP contribution in [0.25, 0.3) is 0 Å². The lowest BCUT2D eigenvalue weighted by molar-refractivity contribution is -0.131. The Morgan fingerprint density at radius 2 is 2.04 bits per heavy atom. The lowest BCUT2D eigenvalue weighted by Crippen LogP contribution is -2.39. The molecule has 0 N–H and O–H groups in total. The van der Waals surface area contributed by atoms with E-state index in [4.69, 9.17) is 4.74 Å². The fourth-order valence-electron chi connectivity index (χ4n) is 3.25. The van der Waals surface area contributed by atoms with Gasteiger partial charge in [0.05, 0.1) is 30.3 Å². The Kier molecular flexibility index (Phi) is 7.94. The first kappa shape index (κ1) is 20.9. The molecule has 0 aromatic carbocycles. The third kappa shape index (κ3) is 6.36. The fraction of sp³-hybridized carbons (Fsp3) is 0.571. The predicted octanol–water partition coefficient (Wildman–Crippen LogP) is 2.96. The average Bonchev–Trinajstić information content (AvgIpc) is 3.18. The van der Waals surface area contributed by atoms with Crippen LogP contribution in [0.1, 0.15) is 42.5 Å². The van der Waals surface area contributed by atoms with Crippen molar-refractivity contribution in [3.8, 4) is 0 Å². The monoisotopic (exact) mass is 402 g/mol. The van der Waals surface area contributed by atoms with E-state index in [-0.39, 0.29) is 5.91 Å². The van der Waals surface area contributed by atoms with Crippen molar-refractivity contribution in [2.24, 2.45) is 0 Å². The van der Waals surface area contributed by atoms with E-state index >= 15 is 0 Å². The summed E-state index contributed by atoms with van der Waals surface area (Å²) >= 11 is 1.64. The molecule has 3 rings (SSSR count). The van der Waals surface area contributed by atoms with E-state index < -0.39 is 0 Å². The summed E-state index contributed by atoms with van der Waals surface area (Å²) in [6.07, 6.45) is 4.89. The average molecular weight is 403 g/mol. The molecule has 0 unspecified atom stereocenters. The van der Waals surface area contributed by atoms with Crippen LogP contribution in [-0.2, 0) is 22.5 Å². The number of aromatic nitrogens is 2. The van der Waals surface area contributed by atoms with Gasteiger partial charge in [-0.2, -0.15) is 0 Å². The molecule has 0 atom stereocenters. The molecular formula is C21H30N4O2S. The van der Waals surface area contributed by atoms with Crippen molar-refractivity contribution in [2.75, 3.05) is 39.4 Å². The van der Waals surface area contributed by atoms with Crippen LogP contribution in [0.4, 0.5) is 0 Å². The second kappa shape index (κ2) is 10.6. The molecule has 2 aromatic rings. The van der Waals surface area contributed by atoms with Crippen molar-refractivity contribution < 1.29 is 9.53 Å². The van der Waals surface area contributed by atoms with Gasteiger partial charge in [0, 0.05) is 56.4 Å². The number of hydrogen-bond donors (Lipinski definition) is 0. The maximum atomic E-state index is 13.0. The molecule has 7 heteroatoms. The van der Waals surface area contributed by atoms with E-state index in [9.17, 15) is 4.79 Å². The zero-order chi connectivity index (χ0) is 19.8. The van der Waals surface area contributed by atoms with E-state index in [0.717, 1.165) is 62.1 Å². The van der Waals surface area contributed by atoms with Crippen molar-refractivity contribution in [1.82, 2.24) is 19.8 Å². The van der Waals surface area contributed by atoms with Gasteiger partial charge < -0.3 is 9.64 Å². The highest BCUT2D eigenvalue weighted by Gasteiger charge is 2.18. The van der Waals surface area contributed by atoms with Gasteiger partial charge in [-0.25, -0.2) is 4.98 Å². The maximum Gasteiger partial charge on any atom is 0.228 e.